The zero-order valence-electron chi connectivity index (χ0n) is 12.0. The lowest BCUT2D eigenvalue weighted by atomic mass is 9.75. The first kappa shape index (κ1) is 13.2. The van der Waals surface area contributed by atoms with Crippen LogP contribution in [-0.2, 0) is 0 Å². The third-order valence-corrected chi connectivity index (χ3v) is 4.35. The molecule has 3 heteroatoms. The second-order valence-electron chi connectivity index (χ2n) is 6.41. The van der Waals surface area contributed by atoms with Crippen LogP contribution in [0.25, 0.3) is 0 Å². The minimum absolute atomic E-state index is 0.516. The van der Waals surface area contributed by atoms with Gasteiger partial charge in [0.15, 0.2) is 0 Å². The number of hydrogen-bond donors (Lipinski definition) is 1. The van der Waals surface area contributed by atoms with Crippen molar-refractivity contribution < 1.29 is 0 Å². The van der Waals surface area contributed by atoms with Crippen molar-refractivity contribution in [1.82, 2.24) is 4.98 Å². The van der Waals surface area contributed by atoms with E-state index < -0.39 is 0 Å². The third-order valence-electron chi connectivity index (χ3n) is 4.35. The van der Waals surface area contributed by atoms with E-state index in [4.69, 9.17) is 5.73 Å². The first-order valence-corrected chi connectivity index (χ1v) is 6.84. The lowest BCUT2D eigenvalue weighted by molar-refractivity contribution is 0.222. The van der Waals surface area contributed by atoms with Gasteiger partial charge in [0.1, 0.15) is 5.82 Å². The van der Waals surface area contributed by atoms with Crippen LogP contribution in [0.5, 0.6) is 0 Å². The van der Waals surface area contributed by atoms with Crippen molar-refractivity contribution in [2.75, 3.05) is 17.7 Å². The summed E-state index contributed by atoms with van der Waals surface area (Å²) >= 11 is 0. The van der Waals surface area contributed by atoms with Crippen LogP contribution in [0.1, 0.15) is 45.1 Å². The van der Waals surface area contributed by atoms with Crippen LogP contribution in [-0.4, -0.2) is 18.1 Å². The Hall–Kier alpha value is -1.25. The molecule has 18 heavy (non-hydrogen) atoms. The van der Waals surface area contributed by atoms with Gasteiger partial charge in [0.25, 0.3) is 0 Å². The summed E-state index contributed by atoms with van der Waals surface area (Å²) < 4.78 is 0. The lowest BCUT2D eigenvalue weighted by Gasteiger charge is -2.39. The lowest BCUT2D eigenvalue weighted by Crippen LogP contribution is -2.37. The predicted molar refractivity (Wildman–Crippen MR) is 77.8 cm³/mol. The van der Waals surface area contributed by atoms with Gasteiger partial charge in [0.05, 0.1) is 11.9 Å². The zero-order valence-corrected chi connectivity index (χ0v) is 12.0. The molecule has 1 heterocycles. The first-order valence-electron chi connectivity index (χ1n) is 6.84. The Kier molecular flexibility index (Phi) is 3.51. The Balaban J connectivity index is 2.07. The van der Waals surface area contributed by atoms with E-state index in [0.717, 1.165) is 17.1 Å². The maximum atomic E-state index is 5.82. The van der Waals surface area contributed by atoms with Crippen LogP contribution in [0.4, 0.5) is 11.5 Å². The Morgan fingerprint density at radius 1 is 1.33 bits per heavy atom. The number of nitrogens with zero attached hydrogens (tertiary/aromatic N) is 2. The topological polar surface area (TPSA) is 42.2 Å². The third kappa shape index (κ3) is 2.77. The average molecular weight is 247 g/mol. The van der Waals surface area contributed by atoms with E-state index in [1.54, 1.807) is 6.20 Å². The second-order valence-corrected chi connectivity index (χ2v) is 6.41. The van der Waals surface area contributed by atoms with E-state index in [2.05, 4.69) is 36.8 Å². The molecule has 0 amide bonds. The maximum absolute atomic E-state index is 5.82. The molecule has 0 aliphatic heterocycles. The number of nitrogens with two attached hydrogens (primary N) is 1. The van der Waals surface area contributed by atoms with Gasteiger partial charge in [-0.25, -0.2) is 4.98 Å². The Morgan fingerprint density at radius 3 is 2.50 bits per heavy atom. The van der Waals surface area contributed by atoms with Gasteiger partial charge in [-0.05, 0) is 49.7 Å². The van der Waals surface area contributed by atoms with Crippen molar-refractivity contribution in [3.8, 4) is 0 Å². The summed E-state index contributed by atoms with van der Waals surface area (Å²) in [7, 11) is 2.15. The van der Waals surface area contributed by atoms with E-state index >= 15 is 0 Å². The molecular weight excluding hydrogens is 222 g/mol. The van der Waals surface area contributed by atoms with Gasteiger partial charge in [-0.2, -0.15) is 0 Å². The molecule has 0 bridgehead atoms. The van der Waals surface area contributed by atoms with Crippen molar-refractivity contribution in [2.24, 2.45) is 5.41 Å². The number of pyridine rings is 1. The van der Waals surface area contributed by atoms with Gasteiger partial charge in [0.2, 0.25) is 0 Å². The fourth-order valence-corrected chi connectivity index (χ4v) is 2.70. The van der Waals surface area contributed by atoms with E-state index in [9.17, 15) is 0 Å². The molecule has 0 radical (unpaired) electrons. The summed E-state index contributed by atoms with van der Waals surface area (Å²) in [5.41, 5.74) is 8.23. The minimum Gasteiger partial charge on any atom is -0.397 e. The Morgan fingerprint density at radius 2 is 1.94 bits per heavy atom. The fraction of sp³-hybridized carbons (Fsp3) is 0.667. The van der Waals surface area contributed by atoms with E-state index in [0.29, 0.717) is 11.5 Å². The number of nitrogen functional groups attached to an aromatic ring is 1. The average Bonchev–Trinajstić information content (AvgIpc) is 2.32. The Bertz CT molecular complexity index is 416. The van der Waals surface area contributed by atoms with E-state index in [1.165, 1.54) is 25.7 Å². The van der Waals surface area contributed by atoms with Crippen LogP contribution < -0.4 is 10.6 Å². The van der Waals surface area contributed by atoms with Gasteiger partial charge >= 0.3 is 0 Å². The largest absolute Gasteiger partial charge is 0.397 e. The molecule has 2 rings (SSSR count). The molecule has 0 saturated heterocycles. The first-order chi connectivity index (χ1) is 8.39. The SMILES string of the molecule is Cc1cc(N(C)C2CCC(C)(C)CC2)ncc1N. The number of rotatable bonds is 2. The molecule has 3 nitrogen and oxygen atoms in total. The monoisotopic (exact) mass is 247 g/mol. The molecule has 0 spiro atoms. The smallest absolute Gasteiger partial charge is 0.128 e. The summed E-state index contributed by atoms with van der Waals surface area (Å²) in [5.74, 6) is 1.05. The summed E-state index contributed by atoms with van der Waals surface area (Å²) in [5, 5.41) is 0. The highest BCUT2D eigenvalue weighted by molar-refractivity contribution is 5.52. The molecular formula is C15H25N3. The molecule has 0 atom stereocenters. The number of hydrogen-bond acceptors (Lipinski definition) is 3. The summed E-state index contributed by atoms with van der Waals surface area (Å²) in [6, 6.07) is 2.71. The minimum atomic E-state index is 0.516. The standard InChI is InChI=1S/C15H25N3/c1-11-9-14(17-10-13(11)16)18(4)12-5-7-15(2,3)8-6-12/h9-10,12H,5-8,16H2,1-4H3. The van der Waals surface area contributed by atoms with Gasteiger partial charge in [-0.3, -0.25) is 0 Å². The van der Waals surface area contributed by atoms with Gasteiger partial charge in [-0.15, -0.1) is 0 Å². The molecule has 100 valence electrons. The highest BCUT2D eigenvalue weighted by Crippen LogP contribution is 2.37. The van der Waals surface area contributed by atoms with Crippen molar-refractivity contribution in [3.63, 3.8) is 0 Å². The van der Waals surface area contributed by atoms with Crippen LogP contribution in [0.2, 0.25) is 0 Å². The van der Waals surface area contributed by atoms with Crippen molar-refractivity contribution in [2.45, 2.75) is 52.5 Å². The molecule has 0 aromatic carbocycles. The van der Waals surface area contributed by atoms with Crippen LogP contribution in [0.3, 0.4) is 0 Å². The van der Waals surface area contributed by atoms with E-state index in [-0.39, 0.29) is 0 Å². The van der Waals surface area contributed by atoms with E-state index in [1.807, 2.05) is 6.92 Å². The highest BCUT2D eigenvalue weighted by Gasteiger charge is 2.29. The highest BCUT2D eigenvalue weighted by atomic mass is 15.2. The van der Waals surface area contributed by atoms with Gasteiger partial charge in [-0.1, -0.05) is 13.8 Å². The molecule has 1 aliphatic rings. The zero-order chi connectivity index (χ0) is 13.3. The van der Waals surface area contributed by atoms with Crippen molar-refractivity contribution in [1.29, 1.82) is 0 Å². The molecule has 2 N–H and O–H groups in total. The summed E-state index contributed by atoms with van der Waals surface area (Å²) in [4.78, 5) is 6.77. The molecule has 1 saturated carbocycles. The summed E-state index contributed by atoms with van der Waals surface area (Å²) in [6.45, 7) is 6.78. The van der Waals surface area contributed by atoms with Crippen molar-refractivity contribution >= 4 is 11.5 Å². The van der Waals surface area contributed by atoms with Crippen LogP contribution >= 0.6 is 0 Å². The van der Waals surface area contributed by atoms with Crippen molar-refractivity contribution in [3.05, 3.63) is 17.8 Å². The molecule has 1 aromatic heterocycles. The second kappa shape index (κ2) is 4.79. The number of aromatic nitrogens is 1. The van der Waals surface area contributed by atoms with Gasteiger partial charge in [0, 0.05) is 13.1 Å². The maximum Gasteiger partial charge on any atom is 0.128 e. The number of anilines is 2. The van der Waals surface area contributed by atoms with Crippen LogP contribution in [0.15, 0.2) is 12.3 Å². The normalized spacial score (nSPS) is 19.8. The Labute approximate surface area is 110 Å². The molecule has 1 aromatic rings. The summed E-state index contributed by atoms with van der Waals surface area (Å²) in [6.07, 6.45) is 6.89. The number of aryl methyl sites for hydroxylation is 1. The molecule has 0 unspecified atom stereocenters. The molecule has 1 fully saturated rings. The predicted octanol–water partition coefficient (Wildman–Crippen LogP) is 3.38. The quantitative estimate of drug-likeness (QED) is 0.871. The molecule has 1 aliphatic carbocycles. The van der Waals surface area contributed by atoms with Crippen LogP contribution in [0, 0.1) is 12.3 Å². The fourth-order valence-electron chi connectivity index (χ4n) is 2.70. The van der Waals surface area contributed by atoms with Gasteiger partial charge < -0.3 is 10.6 Å².